The van der Waals surface area contributed by atoms with E-state index >= 15 is 0 Å². The standard InChI is InChI=1S/C16H21N5O3/c1-11-18-19-20-21(11)14-9-12(6-7-15(14)23-2)17-16(22)10-13-5-3-4-8-24-13/h6-7,9,13H,3-5,8,10H2,1-2H3,(H,17,22). The molecule has 24 heavy (non-hydrogen) atoms. The molecule has 1 N–H and O–H groups in total. The minimum atomic E-state index is -0.0635. The molecule has 1 saturated heterocycles. The fraction of sp³-hybridized carbons (Fsp3) is 0.500. The molecule has 0 radical (unpaired) electrons. The van der Waals surface area contributed by atoms with Gasteiger partial charge < -0.3 is 14.8 Å². The van der Waals surface area contributed by atoms with Crippen molar-refractivity contribution in [2.45, 2.75) is 38.7 Å². The van der Waals surface area contributed by atoms with Crippen molar-refractivity contribution in [2.75, 3.05) is 19.0 Å². The quantitative estimate of drug-likeness (QED) is 0.899. The first-order valence-electron chi connectivity index (χ1n) is 8.02. The van der Waals surface area contributed by atoms with Gasteiger partial charge in [0.1, 0.15) is 11.4 Å². The number of hydrogen-bond acceptors (Lipinski definition) is 6. The molecular weight excluding hydrogens is 310 g/mol. The molecule has 1 unspecified atom stereocenters. The van der Waals surface area contributed by atoms with Crippen molar-refractivity contribution < 1.29 is 14.3 Å². The number of anilines is 1. The van der Waals surface area contributed by atoms with E-state index in [9.17, 15) is 4.79 Å². The third-order valence-electron chi connectivity index (χ3n) is 4.00. The van der Waals surface area contributed by atoms with Gasteiger partial charge in [0.15, 0.2) is 5.82 Å². The average molecular weight is 331 g/mol. The number of carbonyl (C=O) groups is 1. The molecule has 0 spiro atoms. The molecule has 3 rings (SSSR count). The Morgan fingerprint density at radius 3 is 3.00 bits per heavy atom. The summed E-state index contributed by atoms with van der Waals surface area (Å²) in [7, 11) is 1.58. The fourth-order valence-electron chi connectivity index (χ4n) is 2.77. The van der Waals surface area contributed by atoms with Crippen molar-refractivity contribution in [1.82, 2.24) is 20.2 Å². The average Bonchev–Trinajstić information content (AvgIpc) is 3.01. The molecule has 1 aromatic carbocycles. The number of aryl methyl sites for hydroxylation is 1. The first-order chi connectivity index (χ1) is 11.7. The molecule has 1 aromatic heterocycles. The van der Waals surface area contributed by atoms with Gasteiger partial charge in [0.25, 0.3) is 0 Å². The zero-order chi connectivity index (χ0) is 16.9. The van der Waals surface area contributed by atoms with E-state index in [1.807, 2.05) is 0 Å². The number of hydrogen-bond donors (Lipinski definition) is 1. The molecule has 8 heteroatoms. The zero-order valence-electron chi connectivity index (χ0n) is 13.9. The summed E-state index contributed by atoms with van der Waals surface area (Å²) in [5, 5.41) is 14.4. The molecule has 1 fully saturated rings. The van der Waals surface area contributed by atoms with E-state index in [4.69, 9.17) is 9.47 Å². The highest BCUT2D eigenvalue weighted by atomic mass is 16.5. The summed E-state index contributed by atoms with van der Waals surface area (Å²) in [6.07, 6.45) is 3.50. The summed E-state index contributed by atoms with van der Waals surface area (Å²) in [6, 6.07) is 5.37. The number of amides is 1. The van der Waals surface area contributed by atoms with Gasteiger partial charge in [0, 0.05) is 12.3 Å². The molecule has 2 aromatic rings. The second kappa shape index (κ2) is 7.39. The molecule has 128 valence electrons. The van der Waals surface area contributed by atoms with Gasteiger partial charge >= 0.3 is 0 Å². The lowest BCUT2D eigenvalue weighted by molar-refractivity contribution is -0.119. The van der Waals surface area contributed by atoms with Gasteiger partial charge in [-0.15, -0.1) is 5.10 Å². The smallest absolute Gasteiger partial charge is 0.226 e. The first kappa shape index (κ1) is 16.4. The van der Waals surface area contributed by atoms with Crippen LogP contribution < -0.4 is 10.1 Å². The summed E-state index contributed by atoms with van der Waals surface area (Å²) < 4.78 is 12.5. The monoisotopic (exact) mass is 331 g/mol. The largest absolute Gasteiger partial charge is 0.494 e. The third-order valence-corrected chi connectivity index (χ3v) is 4.00. The Morgan fingerprint density at radius 2 is 2.33 bits per heavy atom. The van der Waals surface area contributed by atoms with E-state index in [0.717, 1.165) is 25.9 Å². The molecular formula is C16H21N5O3. The Bertz CT molecular complexity index is 709. The van der Waals surface area contributed by atoms with Crippen LogP contribution in [-0.4, -0.2) is 45.9 Å². The van der Waals surface area contributed by atoms with E-state index in [1.54, 1.807) is 36.9 Å². The van der Waals surface area contributed by atoms with Crippen LogP contribution >= 0.6 is 0 Å². The van der Waals surface area contributed by atoms with Gasteiger partial charge in [-0.05, 0) is 54.8 Å². The molecule has 1 aliphatic heterocycles. The summed E-state index contributed by atoms with van der Waals surface area (Å²) >= 11 is 0. The van der Waals surface area contributed by atoms with Crippen molar-refractivity contribution in [1.29, 1.82) is 0 Å². The third kappa shape index (κ3) is 3.70. The maximum atomic E-state index is 12.2. The number of rotatable bonds is 5. The van der Waals surface area contributed by atoms with Gasteiger partial charge in [-0.3, -0.25) is 4.79 Å². The number of methoxy groups -OCH3 is 1. The van der Waals surface area contributed by atoms with Crippen molar-refractivity contribution in [3.8, 4) is 11.4 Å². The Balaban J connectivity index is 1.74. The van der Waals surface area contributed by atoms with E-state index < -0.39 is 0 Å². The predicted molar refractivity (Wildman–Crippen MR) is 87.3 cm³/mol. The SMILES string of the molecule is COc1ccc(NC(=O)CC2CCCCO2)cc1-n1nnnc1C. The Kier molecular flexibility index (Phi) is 5.05. The highest BCUT2D eigenvalue weighted by molar-refractivity contribution is 5.91. The van der Waals surface area contributed by atoms with Gasteiger partial charge in [-0.2, -0.15) is 4.68 Å². The number of nitrogens with one attached hydrogen (secondary N) is 1. The van der Waals surface area contributed by atoms with Gasteiger partial charge in [-0.1, -0.05) is 0 Å². The van der Waals surface area contributed by atoms with Gasteiger partial charge in [0.2, 0.25) is 5.91 Å². The van der Waals surface area contributed by atoms with Crippen molar-refractivity contribution >= 4 is 11.6 Å². The molecule has 0 aliphatic carbocycles. The lowest BCUT2D eigenvalue weighted by atomic mass is 10.1. The van der Waals surface area contributed by atoms with Crippen LogP contribution in [0.2, 0.25) is 0 Å². The molecule has 0 bridgehead atoms. The minimum absolute atomic E-state index is 0.0122. The molecule has 1 amide bonds. The van der Waals surface area contributed by atoms with Crippen LogP contribution in [0.3, 0.4) is 0 Å². The lowest BCUT2D eigenvalue weighted by Gasteiger charge is -2.22. The van der Waals surface area contributed by atoms with Crippen LogP contribution in [0.25, 0.3) is 5.69 Å². The van der Waals surface area contributed by atoms with E-state index in [2.05, 4.69) is 20.8 Å². The summed E-state index contributed by atoms with van der Waals surface area (Å²) in [6.45, 7) is 2.54. The summed E-state index contributed by atoms with van der Waals surface area (Å²) in [5.41, 5.74) is 1.34. The first-order valence-corrected chi connectivity index (χ1v) is 8.02. The van der Waals surface area contributed by atoms with Crippen molar-refractivity contribution in [3.05, 3.63) is 24.0 Å². The molecule has 1 aliphatic rings. The maximum absolute atomic E-state index is 12.2. The second-order valence-electron chi connectivity index (χ2n) is 5.77. The highest BCUT2D eigenvalue weighted by Gasteiger charge is 2.18. The Labute approximate surface area is 140 Å². The molecule has 8 nitrogen and oxygen atoms in total. The fourth-order valence-corrected chi connectivity index (χ4v) is 2.77. The second-order valence-corrected chi connectivity index (χ2v) is 5.77. The number of nitrogens with zero attached hydrogens (tertiary/aromatic N) is 4. The molecule has 2 heterocycles. The van der Waals surface area contributed by atoms with Crippen molar-refractivity contribution in [2.24, 2.45) is 0 Å². The maximum Gasteiger partial charge on any atom is 0.226 e. The minimum Gasteiger partial charge on any atom is -0.494 e. The zero-order valence-corrected chi connectivity index (χ0v) is 13.9. The number of carbonyl (C=O) groups excluding carboxylic acids is 1. The van der Waals surface area contributed by atoms with E-state index in [1.165, 1.54) is 0 Å². The number of aromatic nitrogens is 4. The van der Waals surface area contributed by atoms with E-state index in [0.29, 0.717) is 29.4 Å². The molecule has 1 atom stereocenters. The Morgan fingerprint density at radius 1 is 1.46 bits per heavy atom. The molecule has 0 saturated carbocycles. The van der Waals surface area contributed by atoms with Crippen molar-refractivity contribution in [3.63, 3.8) is 0 Å². The van der Waals surface area contributed by atoms with Gasteiger partial charge in [0.05, 0.1) is 19.6 Å². The topological polar surface area (TPSA) is 91.2 Å². The van der Waals surface area contributed by atoms with E-state index in [-0.39, 0.29) is 12.0 Å². The Hall–Kier alpha value is -2.48. The number of tetrazole rings is 1. The highest BCUT2D eigenvalue weighted by Crippen LogP contribution is 2.26. The normalized spacial score (nSPS) is 17.5. The van der Waals surface area contributed by atoms with Crippen LogP contribution in [0, 0.1) is 6.92 Å². The van der Waals surface area contributed by atoms with Crippen LogP contribution in [0.5, 0.6) is 5.75 Å². The summed E-state index contributed by atoms with van der Waals surface area (Å²) in [4.78, 5) is 12.2. The summed E-state index contributed by atoms with van der Waals surface area (Å²) in [5.74, 6) is 1.19. The van der Waals surface area contributed by atoms with Crippen LogP contribution in [0.15, 0.2) is 18.2 Å². The number of benzene rings is 1. The lowest BCUT2D eigenvalue weighted by Crippen LogP contribution is -2.25. The van der Waals surface area contributed by atoms with Gasteiger partial charge in [-0.25, -0.2) is 0 Å². The number of ether oxygens (including phenoxy) is 2. The predicted octanol–water partition coefficient (Wildman–Crippen LogP) is 1.88. The van der Waals surface area contributed by atoms with Crippen LogP contribution in [0.1, 0.15) is 31.5 Å². The van der Waals surface area contributed by atoms with Crippen LogP contribution in [-0.2, 0) is 9.53 Å². The van der Waals surface area contributed by atoms with Crippen LogP contribution in [0.4, 0.5) is 5.69 Å².